The lowest BCUT2D eigenvalue weighted by atomic mass is 10.1. The molecule has 0 aliphatic carbocycles. The van der Waals surface area contributed by atoms with Crippen LogP contribution < -0.4 is 9.64 Å². The summed E-state index contributed by atoms with van der Waals surface area (Å²) in [5, 5.41) is 3.16. The fourth-order valence-corrected chi connectivity index (χ4v) is 5.25. The third-order valence-electron chi connectivity index (χ3n) is 6.31. The molecule has 2 amide bonds. The van der Waals surface area contributed by atoms with Crippen LogP contribution in [-0.2, 0) is 16.1 Å². The van der Waals surface area contributed by atoms with Gasteiger partial charge in [-0.15, -0.1) is 11.3 Å². The Balaban J connectivity index is 1.12. The van der Waals surface area contributed by atoms with Gasteiger partial charge in [-0.3, -0.25) is 14.5 Å². The Hall–Kier alpha value is -3.23. The van der Waals surface area contributed by atoms with Crippen molar-refractivity contribution in [1.29, 1.82) is 0 Å². The molecule has 2 aliphatic heterocycles. The van der Waals surface area contributed by atoms with Crippen molar-refractivity contribution in [1.82, 2.24) is 14.8 Å². The second kappa shape index (κ2) is 9.95. The van der Waals surface area contributed by atoms with E-state index in [2.05, 4.69) is 22.4 Å². The molecule has 34 heavy (non-hydrogen) atoms. The fraction of sp³-hybridized carbons (Fsp3) is 0.346. The molecule has 5 rings (SSSR count). The van der Waals surface area contributed by atoms with Crippen LogP contribution in [0.1, 0.15) is 19.0 Å². The number of ether oxygens (including phenoxy) is 1. The second-order valence-electron chi connectivity index (χ2n) is 8.63. The van der Waals surface area contributed by atoms with Gasteiger partial charge in [0.2, 0.25) is 5.91 Å². The summed E-state index contributed by atoms with van der Waals surface area (Å²) in [6.07, 6.45) is -0.235. The number of nitrogens with zero attached hydrogens (tertiary/aromatic N) is 4. The Labute approximate surface area is 203 Å². The van der Waals surface area contributed by atoms with Gasteiger partial charge in [0.05, 0.1) is 11.4 Å². The second-order valence-corrected chi connectivity index (χ2v) is 9.49. The third-order valence-corrected chi connectivity index (χ3v) is 7.25. The summed E-state index contributed by atoms with van der Waals surface area (Å²) in [5.74, 6) is 0.673. The van der Waals surface area contributed by atoms with E-state index in [0.29, 0.717) is 31.8 Å². The van der Waals surface area contributed by atoms with Gasteiger partial charge < -0.3 is 14.5 Å². The first-order valence-electron chi connectivity index (χ1n) is 11.7. The van der Waals surface area contributed by atoms with Crippen LogP contribution in [0.2, 0.25) is 0 Å². The van der Waals surface area contributed by atoms with E-state index >= 15 is 0 Å². The smallest absolute Gasteiger partial charge is 0.267 e. The zero-order valence-corrected chi connectivity index (χ0v) is 20.0. The topological polar surface area (TPSA) is 66.0 Å². The van der Waals surface area contributed by atoms with Gasteiger partial charge >= 0.3 is 0 Å². The Morgan fingerprint density at radius 2 is 1.79 bits per heavy atom. The minimum Gasteiger partial charge on any atom is -0.479 e. The lowest BCUT2D eigenvalue weighted by Gasteiger charge is -2.36. The maximum Gasteiger partial charge on any atom is 0.267 e. The normalized spacial score (nSPS) is 18.5. The van der Waals surface area contributed by atoms with Gasteiger partial charge in [0.25, 0.3) is 5.91 Å². The van der Waals surface area contributed by atoms with Gasteiger partial charge in [-0.05, 0) is 19.1 Å². The number of thiazole rings is 1. The molecule has 0 spiro atoms. The van der Waals surface area contributed by atoms with Crippen molar-refractivity contribution < 1.29 is 14.3 Å². The van der Waals surface area contributed by atoms with E-state index in [4.69, 9.17) is 9.72 Å². The number of hydrogen-bond acceptors (Lipinski definition) is 6. The number of benzene rings is 2. The average molecular weight is 477 g/mol. The molecule has 3 aromatic rings. The summed E-state index contributed by atoms with van der Waals surface area (Å²) in [7, 11) is 0. The number of anilines is 1. The molecule has 1 fully saturated rings. The average Bonchev–Trinajstić information content (AvgIpc) is 3.34. The number of carbonyl (C=O) groups excluding carboxylic acids is 2. The van der Waals surface area contributed by atoms with E-state index in [1.165, 1.54) is 0 Å². The first-order valence-corrected chi connectivity index (χ1v) is 12.5. The molecule has 1 unspecified atom stereocenters. The van der Waals surface area contributed by atoms with Gasteiger partial charge in [0.15, 0.2) is 6.10 Å². The van der Waals surface area contributed by atoms with E-state index in [1.807, 2.05) is 47.4 Å². The zero-order valence-electron chi connectivity index (χ0n) is 19.2. The number of hydrogen-bond donors (Lipinski definition) is 0. The third kappa shape index (κ3) is 4.83. The maximum atomic E-state index is 12.9. The largest absolute Gasteiger partial charge is 0.479 e. The Bertz CT molecular complexity index is 1160. The molecule has 0 radical (unpaired) electrons. The Morgan fingerprint density at radius 1 is 1.06 bits per heavy atom. The summed E-state index contributed by atoms with van der Waals surface area (Å²) in [6.45, 7) is 5.93. The van der Waals surface area contributed by atoms with Crippen molar-refractivity contribution >= 4 is 28.8 Å². The molecule has 176 valence electrons. The summed E-state index contributed by atoms with van der Waals surface area (Å²) in [6, 6.07) is 17.7. The molecule has 0 saturated carbocycles. The molecule has 2 aliphatic rings. The SMILES string of the molecule is CC1Oc2ccccc2N(CCC(=O)N2CCN(Cc3csc(-c4ccccc4)n3)CC2)C1=O. The molecule has 1 atom stereocenters. The standard InChI is InChI=1S/C26H28N4O3S/c1-19-26(32)30(22-9-5-6-10-23(22)33-19)12-11-24(31)29-15-13-28(14-16-29)17-21-18-34-25(27-21)20-7-3-2-4-8-20/h2-10,18-19H,11-17H2,1H3. The molecule has 0 N–H and O–H groups in total. The van der Waals surface area contributed by atoms with E-state index in [1.54, 1.807) is 23.2 Å². The zero-order chi connectivity index (χ0) is 23.5. The van der Waals surface area contributed by atoms with Crippen LogP contribution in [0, 0.1) is 0 Å². The fourth-order valence-electron chi connectivity index (χ4n) is 4.43. The van der Waals surface area contributed by atoms with Gasteiger partial charge in [0, 0.05) is 56.6 Å². The molecule has 0 bridgehead atoms. The van der Waals surface area contributed by atoms with Crippen LogP contribution in [0.25, 0.3) is 10.6 Å². The van der Waals surface area contributed by atoms with Crippen molar-refractivity contribution in [2.24, 2.45) is 0 Å². The van der Waals surface area contributed by atoms with Crippen LogP contribution in [0.3, 0.4) is 0 Å². The van der Waals surface area contributed by atoms with Gasteiger partial charge in [0.1, 0.15) is 10.8 Å². The maximum absolute atomic E-state index is 12.9. The van der Waals surface area contributed by atoms with Crippen LogP contribution >= 0.6 is 11.3 Å². The van der Waals surface area contributed by atoms with Gasteiger partial charge in [-0.1, -0.05) is 42.5 Å². The molecule has 1 aromatic heterocycles. The van der Waals surface area contributed by atoms with Crippen LogP contribution in [0.5, 0.6) is 5.75 Å². The quantitative estimate of drug-likeness (QED) is 0.543. The van der Waals surface area contributed by atoms with E-state index in [9.17, 15) is 9.59 Å². The van der Waals surface area contributed by atoms with Gasteiger partial charge in [-0.2, -0.15) is 0 Å². The number of para-hydroxylation sites is 2. The van der Waals surface area contributed by atoms with Gasteiger partial charge in [-0.25, -0.2) is 4.98 Å². The number of rotatable bonds is 6. The minimum atomic E-state index is -0.540. The van der Waals surface area contributed by atoms with Crippen molar-refractivity contribution in [3.63, 3.8) is 0 Å². The molecule has 7 nitrogen and oxygen atoms in total. The number of fused-ring (bicyclic) bond motifs is 1. The van der Waals surface area contributed by atoms with Crippen molar-refractivity contribution in [3.8, 4) is 16.3 Å². The molecule has 1 saturated heterocycles. The summed E-state index contributed by atoms with van der Waals surface area (Å²) in [5.41, 5.74) is 2.95. The van der Waals surface area contributed by atoms with Crippen molar-refractivity contribution in [2.75, 3.05) is 37.6 Å². The lowest BCUT2D eigenvalue weighted by molar-refractivity contribution is -0.133. The highest BCUT2D eigenvalue weighted by Crippen LogP contribution is 2.33. The molecule has 8 heteroatoms. The van der Waals surface area contributed by atoms with E-state index in [0.717, 1.165) is 41.6 Å². The van der Waals surface area contributed by atoms with E-state index < -0.39 is 6.10 Å². The van der Waals surface area contributed by atoms with Crippen molar-refractivity contribution in [2.45, 2.75) is 26.0 Å². The minimum absolute atomic E-state index is 0.0871. The molecule has 2 aromatic carbocycles. The summed E-state index contributed by atoms with van der Waals surface area (Å²) in [4.78, 5) is 36.3. The molecular weight excluding hydrogens is 448 g/mol. The van der Waals surface area contributed by atoms with Crippen LogP contribution in [-0.4, -0.2) is 65.4 Å². The summed E-state index contributed by atoms with van der Waals surface area (Å²) < 4.78 is 5.69. The first-order chi connectivity index (χ1) is 16.6. The molecular formula is C26H28N4O3S. The highest BCUT2D eigenvalue weighted by Gasteiger charge is 2.32. The van der Waals surface area contributed by atoms with Crippen LogP contribution in [0.4, 0.5) is 5.69 Å². The first kappa shape index (κ1) is 22.6. The lowest BCUT2D eigenvalue weighted by Crippen LogP contribution is -2.50. The molecule has 3 heterocycles. The predicted octanol–water partition coefficient (Wildman–Crippen LogP) is 3.66. The summed E-state index contributed by atoms with van der Waals surface area (Å²) >= 11 is 1.67. The highest BCUT2D eigenvalue weighted by molar-refractivity contribution is 7.13. The Kier molecular flexibility index (Phi) is 6.60. The number of amides is 2. The van der Waals surface area contributed by atoms with Crippen LogP contribution in [0.15, 0.2) is 60.0 Å². The van der Waals surface area contributed by atoms with Crippen molar-refractivity contribution in [3.05, 3.63) is 65.7 Å². The number of carbonyl (C=O) groups is 2. The predicted molar refractivity (Wildman–Crippen MR) is 133 cm³/mol. The number of aromatic nitrogens is 1. The van der Waals surface area contributed by atoms with E-state index in [-0.39, 0.29) is 11.8 Å². The highest BCUT2D eigenvalue weighted by atomic mass is 32.1. The number of piperazine rings is 1. The Morgan fingerprint density at radius 3 is 2.59 bits per heavy atom. The monoisotopic (exact) mass is 476 g/mol.